The molecule has 1 amide bonds. The fourth-order valence-corrected chi connectivity index (χ4v) is 4.70. The molecule has 0 unspecified atom stereocenters. The van der Waals surface area contributed by atoms with Crippen LogP contribution in [-0.4, -0.2) is 43.4 Å². The third-order valence-corrected chi connectivity index (χ3v) is 6.52. The maximum Gasteiger partial charge on any atom is 0.411 e. The van der Waals surface area contributed by atoms with Crippen LogP contribution in [0.25, 0.3) is 11.1 Å². The Labute approximate surface area is 209 Å². The van der Waals surface area contributed by atoms with E-state index in [0.717, 1.165) is 22.3 Å². The van der Waals surface area contributed by atoms with E-state index < -0.39 is 18.0 Å². The van der Waals surface area contributed by atoms with Crippen molar-refractivity contribution in [3.63, 3.8) is 0 Å². The summed E-state index contributed by atoms with van der Waals surface area (Å²) >= 11 is 0. The van der Waals surface area contributed by atoms with Gasteiger partial charge in [-0.2, -0.15) is 0 Å². The smallest absolute Gasteiger partial charge is 0.411 e. The molecule has 0 fully saturated rings. The van der Waals surface area contributed by atoms with Crippen LogP contribution in [0.2, 0.25) is 0 Å². The number of amides is 1. The minimum Gasteiger partial charge on any atom is -0.480 e. The SMILES string of the molecule is COC(=O)c1cc(CNCC(=O)O)c(C)c(NC(=O)OCC2c3ccccc3-c3ccccc32)c1C. The van der Waals surface area contributed by atoms with Crippen LogP contribution in [-0.2, 0) is 20.8 Å². The van der Waals surface area contributed by atoms with Gasteiger partial charge in [0, 0.05) is 12.5 Å². The molecule has 3 aromatic carbocycles. The average molecular weight is 489 g/mol. The average Bonchev–Trinajstić information content (AvgIpc) is 3.19. The zero-order valence-corrected chi connectivity index (χ0v) is 20.4. The van der Waals surface area contributed by atoms with Gasteiger partial charge in [-0.15, -0.1) is 0 Å². The summed E-state index contributed by atoms with van der Waals surface area (Å²) in [6, 6.07) is 17.8. The highest BCUT2D eigenvalue weighted by Crippen LogP contribution is 2.44. The van der Waals surface area contributed by atoms with Gasteiger partial charge >= 0.3 is 18.0 Å². The lowest BCUT2D eigenvalue weighted by atomic mass is 9.96. The fraction of sp³-hybridized carbons (Fsp3) is 0.250. The highest BCUT2D eigenvalue weighted by molar-refractivity contribution is 5.96. The third-order valence-electron chi connectivity index (χ3n) is 6.52. The number of benzene rings is 3. The first kappa shape index (κ1) is 24.9. The number of hydrogen-bond donors (Lipinski definition) is 3. The predicted molar refractivity (Wildman–Crippen MR) is 135 cm³/mol. The first-order valence-corrected chi connectivity index (χ1v) is 11.6. The molecule has 4 rings (SSSR count). The number of esters is 1. The number of rotatable bonds is 8. The molecule has 0 bridgehead atoms. The molecule has 0 spiro atoms. The molecule has 0 atom stereocenters. The van der Waals surface area contributed by atoms with Crippen molar-refractivity contribution in [3.05, 3.63) is 88.0 Å². The van der Waals surface area contributed by atoms with Crippen LogP contribution in [0, 0.1) is 13.8 Å². The largest absolute Gasteiger partial charge is 0.480 e. The molecule has 1 aliphatic carbocycles. The van der Waals surface area contributed by atoms with Gasteiger partial charge in [-0.1, -0.05) is 48.5 Å². The molecule has 36 heavy (non-hydrogen) atoms. The molecular weight excluding hydrogens is 460 g/mol. The first-order valence-electron chi connectivity index (χ1n) is 11.6. The number of carboxylic acid groups (broad SMARTS) is 1. The van der Waals surface area contributed by atoms with E-state index in [1.165, 1.54) is 7.11 Å². The van der Waals surface area contributed by atoms with Gasteiger partial charge in [0.2, 0.25) is 0 Å². The van der Waals surface area contributed by atoms with Crippen LogP contribution in [0.3, 0.4) is 0 Å². The van der Waals surface area contributed by atoms with Crippen molar-refractivity contribution >= 4 is 23.7 Å². The van der Waals surface area contributed by atoms with E-state index in [2.05, 4.69) is 22.8 Å². The van der Waals surface area contributed by atoms with Gasteiger partial charge in [0.25, 0.3) is 0 Å². The summed E-state index contributed by atoms with van der Waals surface area (Å²) in [5.41, 5.74) is 7.11. The number of ether oxygens (including phenoxy) is 2. The topological polar surface area (TPSA) is 114 Å². The molecule has 3 aromatic rings. The Kier molecular flexibility index (Phi) is 7.36. The Morgan fingerprint density at radius 2 is 1.56 bits per heavy atom. The molecule has 0 heterocycles. The molecule has 8 nitrogen and oxygen atoms in total. The van der Waals surface area contributed by atoms with E-state index >= 15 is 0 Å². The molecule has 0 aliphatic heterocycles. The maximum atomic E-state index is 12.9. The highest BCUT2D eigenvalue weighted by atomic mass is 16.5. The van der Waals surface area contributed by atoms with Crippen LogP contribution in [0.1, 0.15) is 44.1 Å². The summed E-state index contributed by atoms with van der Waals surface area (Å²) in [6.07, 6.45) is -0.644. The second kappa shape index (κ2) is 10.6. The molecule has 3 N–H and O–H groups in total. The Hall–Kier alpha value is -4.17. The Morgan fingerprint density at radius 3 is 2.14 bits per heavy atom. The summed E-state index contributed by atoms with van der Waals surface area (Å²) in [7, 11) is 1.28. The summed E-state index contributed by atoms with van der Waals surface area (Å²) in [5.74, 6) is -1.63. The van der Waals surface area contributed by atoms with Crippen molar-refractivity contribution in [1.29, 1.82) is 0 Å². The normalized spacial score (nSPS) is 12.0. The van der Waals surface area contributed by atoms with E-state index in [0.29, 0.717) is 22.4 Å². The van der Waals surface area contributed by atoms with Crippen LogP contribution in [0.5, 0.6) is 0 Å². The number of nitrogens with one attached hydrogen (secondary N) is 2. The van der Waals surface area contributed by atoms with Crippen LogP contribution >= 0.6 is 0 Å². The van der Waals surface area contributed by atoms with Crippen LogP contribution in [0.15, 0.2) is 54.6 Å². The van der Waals surface area contributed by atoms with Gasteiger partial charge in [0.1, 0.15) is 6.61 Å². The minimum absolute atomic E-state index is 0.0810. The molecule has 0 saturated heterocycles. The van der Waals surface area contributed by atoms with Crippen molar-refractivity contribution in [2.24, 2.45) is 0 Å². The summed E-state index contributed by atoms with van der Waals surface area (Å²) in [4.78, 5) is 36.2. The van der Waals surface area contributed by atoms with Crippen LogP contribution < -0.4 is 10.6 Å². The summed E-state index contributed by atoms with van der Waals surface area (Å²) < 4.78 is 10.6. The number of aliphatic carboxylic acids is 1. The minimum atomic E-state index is -0.995. The molecule has 0 radical (unpaired) electrons. The number of methoxy groups -OCH3 is 1. The van der Waals surface area contributed by atoms with E-state index in [1.54, 1.807) is 19.9 Å². The molecule has 0 aromatic heterocycles. The lowest BCUT2D eigenvalue weighted by molar-refractivity contribution is -0.136. The molecular formula is C28H28N2O6. The van der Waals surface area contributed by atoms with E-state index in [4.69, 9.17) is 14.6 Å². The zero-order valence-electron chi connectivity index (χ0n) is 20.4. The van der Waals surface area contributed by atoms with E-state index in [-0.39, 0.29) is 31.2 Å². The van der Waals surface area contributed by atoms with Crippen molar-refractivity contribution < 1.29 is 29.0 Å². The van der Waals surface area contributed by atoms with Gasteiger partial charge in [-0.05, 0) is 58.9 Å². The third kappa shape index (κ3) is 4.94. The summed E-state index contributed by atoms with van der Waals surface area (Å²) in [5, 5.41) is 14.5. The molecule has 0 saturated carbocycles. The molecule has 8 heteroatoms. The van der Waals surface area contributed by atoms with Gasteiger partial charge in [0.05, 0.1) is 24.9 Å². The van der Waals surface area contributed by atoms with Gasteiger partial charge < -0.3 is 19.9 Å². The van der Waals surface area contributed by atoms with Crippen molar-refractivity contribution in [1.82, 2.24) is 5.32 Å². The van der Waals surface area contributed by atoms with E-state index in [1.807, 2.05) is 36.4 Å². The van der Waals surface area contributed by atoms with Crippen LogP contribution in [0.4, 0.5) is 10.5 Å². The number of carbonyl (C=O) groups is 3. The predicted octanol–water partition coefficient (Wildman–Crippen LogP) is 4.63. The number of fused-ring (bicyclic) bond motifs is 3. The molecule has 1 aliphatic rings. The van der Waals surface area contributed by atoms with Gasteiger partial charge in [-0.3, -0.25) is 10.1 Å². The number of carbonyl (C=O) groups excluding carboxylic acids is 2. The van der Waals surface area contributed by atoms with Crippen molar-refractivity contribution in [2.45, 2.75) is 26.3 Å². The number of carboxylic acids is 1. The van der Waals surface area contributed by atoms with Crippen molar-refractivity contribution in [3.8, 4) is 11.1 Å². The molecule has 186 valence electrons. The van der Waals surface area contributed by atoms with Crippen molar-refractivity contribution in [2.75, 3.05) is 25.6 Å². The standard InChI is InChI=1S/C28H28N2O6/c1-16-18(13-29-14-25(31)32)12-23(27(33)35-3)17(2)26(16)30-28(34)36-15-24-21-10-6-4-8-19(21)20-9-5-7-11-22(20)24/h4-12,24,29H,13-15H2,1-3H3,(H,30,34)(H,31,32). The number of hydrogen-bond acceptors (Lipinski definition) is 6. The Balaban J connectivity index is 1.55. The zero-order chi connectivity index (χ0) is 25.8. The quantitative estimate of drug-likeness (QED) is 0.396. The summed E-state index contributed by atoms with van der Waals surface area (Å²) in [6.45, 7) is 3.62. The van der Waals surface area contributed by atoms with Gasteiger partial charge in [0.15, 0.2) is 0 Å². The highest BCUT2D eigenvalue weighted by Gasteiger charge is 2.29. The van der Waals surface area contributed by atoms with Gasteiger partial charge in [-0.25, -0.2) is 9.59 Å². The lowest BCUT2D eigenvalue weighted by Crippen LogP contribution is -2.24. The Morgan fingerprint density at radius 1 is 0.944 bits per heavy atom. The second-order valence-corrected chi connectivity index (χ2v) is 8.65. The first-order chi connectivity index (χ1) is 17.3. The Bertz CT molecular complexity index is 1290. The maximum absolute atomic E-state index is 12.9. The monoisotopic (exact) mass is 488 g/mol. The fourth-order valence-electron chi connectivity index (χ4n) is 4.70. The second-order valence-electron chi connectivity index (χ2n) is 8.65. The lowest BCUT2D eigenvalue weighted by Gasteiger charge is -2.19. The van der Waals surface area contributed by atoms with E-state index in [9.17, 15) is 14.4 Å². The number of anilines is 1.